The number of hydrogen-bond donors (Lipinski definition) is 0. The molecule has 6 rings (SSSR count). The zero-order valence-corrected chi connectivity index (χ0v) is 32.5. The summed E-state index contributed by atoms with van der Waals surface area (Å²) in [6, 6.07) is 28.4. The zero-order chi connectivity index (χ0) is 42.1. The Kier molecular flexibility index (Phi) is 15.4. The summed E-state index contributed by atoms with van der Waals surface area (Å²) in [7, 11) is 1.54. The highest BCUT2D eigenvalue weighted by atomic mass is 35.5. The van der Waals surface area contributed by atoms with Crippen LogP contribution in [0.5, 0.6) is 11.5 Å². The van der Waals surface area contributed by atoms with Crippen molar-refractivity contribution in [1.82, 2.24) is 29.8 Å². The molecule has 0 aliphatic heterocycles. The Morgan fingerprint density at radius 1 is 0.831 bits per heavy atom. The van der Waals surface area contributed by atoms with Crippen molar-refractivity contribution in [2.24, 2.45) is 0 Å². The number of nitrogens with zero attached hydrogens (tertiary/aromatic N) is 8. The van der Waals surface area contributed by atoms with Crippen molar-refractivity contribution < 1.29 is 43.6 Å². The smallest absolute Gasteiger partial charge is 0.459 e. The maximum Gasteiger partial charge on any atom is 0.459 e. The fraction of sp³-hybridized carbons (Fsp3) is 0.231. The zero-order valence-electron chi connectivity index (χ0n) is 31.7. The molecule has 2 aromatic heterocycles. The van der Waals surface area contributed by atoms with E-state index in [1.165, 1.54) is 19.2 Å². The number of aryl methyl sites for hydroxylation is 1. The highest BCUT2D eigenvalue weighted by molar-refractivity contribution is 6.30. The Balaban J connectivity index is 0.000000434. The number of carbonyl (C=O) groups excluding carboxylic acids is 2. The minimum Gasteiger partial charge on any atom is -0.497 e. The molecule has 0 spiro atoms. The van der Waals surface area contributed by atoms with E-state index in [9.17, 15) is 29.8 Å². The fourth-order valence-corrected chi connectivity index (χ4v) is 5.88. The van der Waals surface area contributed by atoms with Gasteiger partial charge in [-0.25, -0.2) is 9.78 Å². The molecule has 0 fully saturated rings. The lowest BCUT2D eigenvalue weighted by atomic mass is 9.98. The van der Waals surface area contributed by atoms with Crippen molar-refractivity contribution in [1.29, 1.82) is 0 Å². The van der Waals surface area contributed by atoms with Gasteiger partial charge in [-0.3, -0.25) is 4.79 Å². The molecule has 0 radical (unpaired) electrons. The van der Waals surface area contributed by atoms with Crippen LogP contribution >= 0.6 is 11.6 Å². The van der Waals surface area contributed by atoms with Gasteiger partial charge in [-0.05, 0) is 63.7 Å². The van der Waals surface area contributed by atoms with Gasteiger partial charge in [-0.2, -0.15) is 0 Å². The number of imidazole rings is 1. The minimum absolute atomic E-state index is 0.0272. The predicted octanol–water partition coefficient (Wildman–Crippen LogP) is 7.08. The second-order valence-electron chi connectivity index (χ2n) is 12.4. The predicted molar refractivity (Wildman–Crippen MR) is 209 cm³/mol. The average Bonchev–Trinajstić information content (AvgIpc) is 3.86. The summed E-state index contributed by atoms with van der Waals surface area (Å²) in [5.41, 5.74) is 5.11. The van der Waals surface area contributed by atoms with Crippen LogP contribution in [0.15, 0.2) is 97.1 Å². The second-order valence-corrected chi connectivity index (χ2v) is 12.7. The topological polar surface area (TPSA) is 228 Å². The van der Waals surface area contributed by atoms with E-state index in [2.05, 4.69) is 37.0 Å². The molecule has 0 saturated heterocycles. The summed E-state index contributed by atoms with van der Waals surface area (Å²) in [6.45, 7) is 2.66. The lowest BCUT2D eigenvalue weighted by Gasteiger charge is -2.13. The first-order valence-corrected chi connectivity index (χ1v) is 18.2. The Morgan fingerprint density at radius 2 is 1.47 bits per heavy atom. The third kappa shape index (κ3) is 12.3. The Hall–Kier alpha value is -7.41. The molecule has 6 aromatic rings. The van der Waals surface area contributed by atoms with Gasteiger partial charge in [0.25, 0.3) is 16.6 Å². The number of carbonyl (C=O) groups is 2. The van der Waals surface area contributed by atoms with E-state index in [4.69, 9.17) is 25.8 Å². The second kappa shape index (κ2) is 21.2. The van der Waals surface area contributed by atoms with Crippen molar-refractivity contribution in [2.75, 3.05) is 7.11 Å². The third-order valence-electron chi connectivity index (χ3n) is 8.41. The van der Waals surface area contributed by atoms with E-state index in [-0.39, 0.29) is 31.4 Å². The number of tetrazole rings is 1. The molecular formula is C39H37ClN8O11. The van der Waals surface area contributed by atoms with Crippen LogP contribution in [0.1, 0.15) is 48.0 Å². The summed E-state index contributed by atoms with van der Waals surface area (Å²) >= 11 is 6.40. The number of unbranched alkanes of at least 4 members (excludes halogenated alkanes) is 1. The van der Waals surface area contributed by atoms with Crippen molar-refractivity contribution >= 4 is 24.2 Å². The number of halogens is 1. The molecule has 306 valence electrons. The molecule has 4 aromatic carbocycles. The fourth-order valence-electron chi connectivity index (χ4n) is 5.63. The summed E-state index contributed by atoms with van der Waals surface area (Å²) in [6.07, 6.45) is 1.78. The molecule has 0 bridgehead atoms. The summed E-state index contributed by atoms with van der Waals surface area (Å²) in [5.74, 6) is 1.82. The first-order chi connectivity index (χ1) is 28.6. The van der Waals surface area contributed by atoms with E-state index < -0.39 is 16.3 Å². The Morgan fingerprint density at radius 3 is 2.10 bits per heavy atom. The standard InChI is InChI=1S/C31H28ClN7O7.C8H9NO4/c1-2-3-11-28-33-29(32)27(19-44-20-40)37(28)17-21-12-14-23(15-13-21)25-9-4-5-10-26(25)30-34-36-38(35-30)31(41)46-24-8-6-7-22(16-24)18-45-39(42)43;1-12-8-4-2-3-7(5-8)6-13-9(10)11/h4-10,12-16,20H,2-3,11,17-19H2,1H3;2-5H,6H2,1H3. The molecule has 59 heavy (non-hydrogen) atoms. The van der Waals surface area contributed by atoms with E-state index in [0.29, 0.717) is 46.3 Å². The van der Waals surface area contributed by atoms with Crippen LogP contribution in [-0.2, 0) is 52.0 Å². The molecule has 20 heteroatoms. The molecule has 0 atom stereocenters. The molecule has 0 unspecified atom stereocenters. The van der Waals surface area contributed by atoms with E-state index in [1.54, 1.807) is 36.4 Å². The summed E-state index contributed by atoms with van der Waals surface area (Å²) in [4.78, 5) is 57.7. The van der Waals surface area contributed by atoms with Crippen molar-refractivity contribution in [3.63, 3.8) is 0 Å². The van der Waals surface area contributed by atoms with Crippen molar-refractivity contribution in [2.45, 2.75) is 52.6 Å². The lowest BCUT2D eigenvalue weighted by Crippen LogP contribution is -2.20. The maximum absolute atomic E-state index is 12.7. The average molecular weight is 829 g/mol. The van der Waals surface area contributed by atoms with Crippen LogP contribution in [0.3, 0.4) is 0 Å². The first-order valence-electron chi connectivity index (χ1n) is 17.8. The molecule has 0 saturated carbocycles. The van der Waals surface area contributed by atoms with E-state index in [1.807, 2.05) is 53.1 Å². The van der Waals surface area contributed by atoms with Gasteiger partial charge in [0.15, 0.2) is 5.15 Å². The van der Waals surface area contributed by atoms with Crippen LogP contribution in [-0.4, -0.2) is 59.6 Å². The van der Waals surface area contributed by atoms with E-state index >= 15 is 0 Å². The van der Waals surface area contributed by atoms with Crippen LogP contribution in [0, 0.1) is 20.2 Å². The van der Waals surface area contributed by atoms with Crippen molar-refractivity contribution in [3.8, 4) is 34.0 Å². The van der Waals surface area contributed by atoms with Crippen LogP contribution in [0.25, 0.3) is 22.5 Å². The van der Waals surface area contributed by atoms with Gasteiger partial charge in [0, 0.05) is 18.5 Å². The van der Waals surface area contributed by atoms with Gasteiger partial charge in [-0.15, -0.1) is 30.4 Å². The van der Waals surface area contributed by atoms with Crippen LogP contribution < -0.4 is 9.47 Å². The normalized spacial score (nSPS) is 10.5. The SMILES string of the molecule is CCCCc1nc(Cl)c(COC=O)n1Cc1ccc(-c2ccccc2-c2nnn(C(=O)Oc3cccc(CO[N+](=O)[O-])c3)n2)cc1.COc1cccc(CO[N+](=O)[O-])c1. The van der Waals surface area contributed by atoms with Gasteiger partial charge in [-0.1, -0.05) is 103 Å². The Bertz CT molecular complexity index is 2370. The van der Waals surface area contributed by atoms with Gasteiger partial charge >= 0.3 is 6.09 Å². The van der Waals surface area contributed by atoms with Gasteiger partial charge in [0.1, 0.15) is 37.1 Å². The molecular weight excluding hydrogens is 792 g/mol. The van der Waals surface area contributed by atoms with Gasteiger partial charge < -0.3 is 28.5 Å². The number of ether oxygens (including phenoxy) is 3. The van der Waals surface area contributed by atoms with Crippen LogP contribution in [0.4, 0.5) is 4.79 Å². The molecule has 0 aliphatic carbocycles. The highest BCUT2D eigenvalue weighted by Gasteiger charge is 2.19. The third-order valence-corrected chi connectivity index (χ3v) is 8.71. The largest absolute Gasteiger partial charge is 0.497 e. The monoisotopic (exact) mass is 828 g/mol. The molecule has 2 heterocycles. The summed E-state index contributed by atoms with van der Waals surface area (Å²) in [5, 5.41) is 31.1. The number of hydrogen-bond acceptors (Lipinski definition) is 15. The van der Waals surface area contributed by atoms with Crippen molar-refractivity contribution in [3.05, 3.63) is 151 Å². The quantitative estimate of drug-likeness (QED) is 0.0479. The number of benzene rings is 4. The Labute approximate surface area is 341 Å². The molecule has 0 N–H and O–H groups in total. The lowest BCUT2D eigenvalue weighted by molar-refractivity contribution is -0.763. The maximum atomic E-state index is 12.7. The number of methoxy groups -OCH3 is 1. The molecule has 19 nitrogen and oxygen atoms in total. The minimum atomic E-state index is -0.913. The first kappa shape index (κ1) is 42.7. The number of aromatic nitrogens is 6. The summed E-state index contributed by atoms with van der Waals surface area (Å²) < 4.78 is 17.3. The van der Waals surface area contributed by atoms with Crippen LogP contribution in [0.2, 0.25) is 5.15 Å². The molecule has 0 amide bonds. The van der Waals surface area contributed by atoms with Gasteiger partial charge in [0.2, 0.25) is 5.82 Å². The van der Waals surface area contributed by atoms with E-state index in [0.717, 1.165) is 46.6 Å². The number of rotatable bonds is 18. The molecule has 0 aliphatic rings. The van der Waals surface area contributed by atoms with Gasteiger partial charge in [0.05, 0.1) is 12.8 Å². The highest BCUT2D eigenvalue weighted by Crippen LogP contribution is 2.31.